The van der Waals surface area contributed by atoms with Crippen molar-refractivity contribution >= 4 is 28.1 Å². The summed E-state index contributed by atoms with van der Waals surface area (Å²) < 4.78 is 0. The number of aryl methyl sites for hydroxylation is 1. The average Bonchev–Trinajstić information content (AvgIpc) is 3.33. The summed E-state index contributed by atoms with van der Waals surface area (Å²) in [6.45, 7) is 2.61. The molecule has 0 atom stereocenters. The first-order valence-corrected chi connectivity index (χ1v) is 10.4. The van der Waals surface area contributed by atoms with Crippen LogP contribution in [-0.4, -0.2) is 24.9 Å². The Morgan fingerprint density at radius 2 is 1.83 bits per heavy atom. The smallest absolute Gasteiger partial charge is 0.137 e. The van der Waals surface area contributed by atoms with Crippen LogP contribution in [0.5, 0.6) is 0 Å². The highest BCUT2D eigenvalue weighted by Crippen LogP contribution is 2.27. The second kappa shape index (κ2) is 7.96. The van der Waals surface area contributed by atoms with Crippen molar-refractivity contribution in [2.24, 2.45) is 0 Å². The van der Waals surface area contributed by atoms with E-state index in [0.717, 1.165) is 49.8 Å². The summed E-state index contributed by atoms with van der Waals surface area (Å²) >= 11 is 1.62. The molecule has 7 heteroatoms. The molecule has 0 bridgehead atoms. The maximum atomic E-state index is 4.60. The van der Waals surface area contributed by atoms with E-state index >= 15 is 0 Å². The van der Waals surface area contributed by atoms with Crippen molar-refractivity contribution < 1.29 is 0 Å². The van der Waals surface area contributed by atoms with Gasteiger partial charge in [-0.15, -0.1) is 11.3 Å². The van der Waals surface area contributed by atoms with Gasteiger partial charge >= 0.3 is 0 Å². The van der Waals surface area contributed by atoms with Crippen LogP contribution in [0.25, 0.3) is 32.7 Å². The van der Waals surface area contributed by atoms with E-state index in [1.807, 2.05) is 61.2 Å². The topological polar surface area (TPSA) is 76.5 Å². The molecule has 5 rings (SSSR count). The Morgan fingerprint density at radius 1 is 0.867 bits per heavy atom. The Labute approximate surface area is 177 Å². The molecule has 0 unspecified atom stereocenters. The van der Waals surface area contributed by atoms with Gasteiger partial charge in [0, 0.05) is 52.7 Å². The molecule has 0 spiro atoms. The number of aromatic nitrogens is 5. The maximum absolute atomic E-state index is 4.60. The number of rotatable bonds is 5. The summed E-state index contributed by atoms with van der Waals surface area (Å²) in [6.07, 6.45) is 7.10. The van der Waals surface area contributed by atoms with Crippen LogP contribution in [-0.2, 0) is 6.54 Å². The Morgan fingerprint density at radius 3 is 2.63 bits per heavy atom. The molecule has 1 aromatic carbocycles. The van der Waals surface area contributed by atoms with Gasteiger partial charge in [0.15, 0.2) is 0 Å². The van der Waals surface area contributed by atoms with Gasteiger partial charge in [0.2, 0.25) is 0 Å². The van der Waals surface area contributed by atoms with Gasteiger partial charge in [-0.3, -0.25) is 9.97 Å². The number of hydrogen-bond donors (Lipinski definition) is 1. The second-order valence-corrected chi connectivity index (χ2v) is 7.78. The van der Waals surface area contributed by atoms with Crippen LogP contribution in [0.4, 0.5) is 5.82 Å². The van der Waals surface area contributed by atoms with E-state index in [2.05, 4.69) is 42.4 Å². The second-order valence-electron chi connectivity index (χ2n) is 6.88. The molecule has 0 aliphatic heterocycles. The molecule has 146 valence electrons. The van der Waals surface area contributed by atoms with Crippen molar-refractivity contribution in [1.82, 2.24) is 24.9 Å². The predicted molar refractivity (Wildman–Crippen MR) is 120 cm³/mol. The van der Waals surface area contributed by atoms with Crippen LogP contribution in [0.2, 0.25) is 0 Å². The molecule has 0 amide bonds. The molecule has 1 N–H and O–H groups in total. The summed E-state index contributed by atoms with van der Waals surface area (Å²) in [4.78, 5) is 22.1. The van der Waals surface area contributed by atoms with Gasteiger partial charge in [-0.2, -0.15) is 0 Å². The fraction of sp³-hybridized carbons (Fsp3) is 0.0870. The Balaban J connectivity index is 1.35. The number of thiazole rings is 1. The third-order valence-corrected chi connectivity index (χ3v) is 5.62. The van der Waals surface area contributed by atoms with Crippen LogP contribution in [0.3, 0.4) is 0 Å². The number of benzene rings is 1. The standard InChI is InChI=1S/C23H18N6S/c1-15-10-17(6-7-24-15)20-5-2-16(12-26-20)13-27-22-19-4-3-18(23-25-8-9-30-23)11-21(19)28-14-29-22/h2-12,14H,13H2,1H3,(H,27,28,29). The van der Waals surface area contributed by atoms with Gasteiger partial charge in [-0.1, -0.05) is 12.1 Å². The Bertz CT molecular complexity index is 1300. The van der Waals surface area contributed by atoms with E-state index in [9.17, 15) is 0 Å². The van der Waals surface area contributed by atoms with Crippen LogP contribution in [0, 0.1) is 6.92 Å². The molecular formula is C23H18N6S. The SMILES string of the molecule is Cc1cc(-c2ccc(CNc3ncnc4cc(-c5nccs5)ccc34)cn2)ccn1. The number of fused-ring (bicyclic) bond motifs is 1. The molecule has 0 radical (unpaired) electrons. The number of pyridine rings is 2. The zero-order valence-corrected chi connectivity index (χ0v) is 17.1. The first-order chi connectivity index (χ1) is 14.8. The maximum Gasteiger partial charge on any atom is 0.137 e. The van der Waals surface area contributed by atoms with Gasteiger partial charge in [0.05, 0.1) is 11.2 Å². The van der Waals surface area contributed by atoms with Gasteiger partial charge in [-0.25, -0.2) is 15.0 Å². The minimum atomic E-state index is 0.628. The van der Waals surface area contributed by atoms with Crippen molar-refractivity contribution in [2.45, 2.75) is 13.5 Å². The van der Waals surface area contributed by atoms with Crippen LogP contribution < -0.4 is 5.32 Å². The van der Waals surface area contributed by atoms with E-state index in [-0.39, 0.29) is 0 Å². The number of nitrogens with one attached hydrogen (secondary N) is 1. The average molecular weight is 411 g/mol. The molecule has 6 nitrogen and oxygen atoms in total. The van der Waals surface area contributed by atoms with Gasteiger partial charge in [-0.05, 0) is 42.8 Å². The zero-order valence-electron chi connectivity index (χ0n) is 16.3. The van der Waals surface area contributed by atoms with E-state index in [0.29, 0.717) is 6.54 Å². The number of nitrogens with zero attached hydrogens (tertiary/aromatic N) is 5. The lowest BCUT2D eigenvalue weighted by molar-refractivity contribution is 1.08. The first kappa shape index (κ1) is 18.3. The molecule has 0 saturated carbocycles. The molecular weight excluding hydrogens is 392 g/mol. The zero-order chi connectivity index (χ0) is 20.3. The lowest BCUT2D eigenvalue weighted by Crippen LogP contribution is -2.03. The third-order valence-electron chi connectivity index (χ3n) is 4.79. The molecule has 5 aromatic rings. The Hall–Kier alpha value is -3.71. The van der Waals surface area contributed by atoms with Crippen molar-refractivity contribution in [3.63, 3.8) is 0 Å². The normalized spacial score (nSPS) is 11.0. The monoisotopic (exact) mass is 410 g/mol. The van der Waals surface area contributed by atoms with Crippen molar-refractivity contribution in [3.05, 3.63) is 84.0 Å². The van der Waals surface area contributed by atoms with Crippen LogP contribution in [0.15, 0.2) is 72.8 Å². The van der Waals surface area contributed by atoms with E-state index in [1.54, 1.807) is 17.7 Å². The van der Waals surface area contributed by atoms with Crippen molar-refractivity contribution in [1.29, 1.82) is 0 Å². The first-order valence-electron chi connectivity index (χ1n) is 9.53. The predicted octanol–water partition coefficient (Wildman–Crippen LogP) is 5.13. The highest BCUT2D eigenvalue weighted by molar-refractivity contribution is 7.13. The van der Waals surface area contributed by atoms with E-state index in [1.165, 1.54) is 0 Å². The number of hydrogen-bond acceptors (Lipinski definition) is 7. The molecule has 4 heterocycles. The largest absolute Gasteiger partial charge is 0.365 e. The summed E-state index contributed by atoms with van der Waals surface area (Å²) in [7, 11) is 0. The fourth-order valence-electron chi connectivity index (χ4n) is 3.29. The lowest BCUT2D eigenvalue weighted by atomic mass is 10.1. The quantitative estimate of drug-likeness (QED) is 0.433. The highest BCUT2D eigenvalue weighted by Gasteiger charge is 2.08. The molecule has 0 aliphatic rings. The minimum Gasteiger partial charge on any atom is -0.365 e. The van der Waals surface area contributed by atoms with Crippen molar-refractivity contribution in [3.8, 4) is 21.8 Å². The van der Waals surface area contributed by atoms with Crippen molar-refractivity contribution in [2.75, 3.05) is 5.32 Å². The fourth-order valence-corrected chi connectivity index (χ4v) is 3.92. The third kappa shape index (κ3) is 3.75. The highest BCUT2D eigenvalue weighted by atomic mass is 32.1. The van der Waals surface area contributed by atoms with Crippen LogP contribution >= 0.6 is 11.3 Å². The lowest BCUT2D eigenvalue weighted by Gasteiger charge is -2.09. The molecule has 4 aromatic heterocycles. The molecule has 0 fully saturated rings. The van der Waals surface area contributed by atoms with Gasteiger partial charge < -0.3 is 5.32 Å². The van der Waals surface area contributed by atoms with Gasteiger partial charge in [0.1, 0.15) is 17.2 Å². The molecule has 30 heavy (non-hydrogen) atoms. The summed E-state index contributed by atoms with van der Waals surface area (Å²) in [5.41, 5.74) is 6.02. The van der Waals surface area contributed by atoms with Gasteiger partial charge in [0.25, 0.3) is 0 Å². The minimum absolute atomic E-state index is 0.628. The number of anilines is 1. The molecule has 0 saturated heterocycles. The van der Waals surface area contributed by atoms with E-state index in [4.69, 9.17) is 0 Å². The summed E-state index contributed by atoms with van der Waals surface area (Å²) in [5.74, 6) is 0.805. The van der Waals surface area contributed by atoms with E-state index < -0.39 is 0 Å². The molecule has 0 aliphatic carbocycles. The summed E-state index contributed by atoms with van der Waals surface area (Å²) in [5, 5.41) is 7.35. The van der Waals surface area contributed by atoms with Crippen LogP contribution in [0.1, 0.15) is 11.3 Å². The summed E-state index contributed by atoms with van der Waals surface area (Å²) in [6, 6.07) is 14.3. The Kier molecular flexibility index (Phi) is 4.86.